The number of benzene rings is 1. The average Bonchev–Trinajstić information content (AvgIpc) is 3.13. The third-order valence-electron chi connectivity index (χ3n) is 3.60. The zero-order chi connectivity index (χ0) is 15.5. The van der Waals surface area contributed by atoms with Crippen molar-refractivity contribution < 1.29 is 4.79 Å². The molecule has 0 aliphatic heterocycles. The van der Waals surface area contributed by atoms with E-state index in [1.165, 1.54) is 0 Å². The van der Waals surface area contributed by atoms with Gasteiger partial charge in [0.25, 0.3) is 0 Å². The molecule has 6 nitrogen and oxygen atoms in total. The van der Waals surface area contributed by atoms with Gasteiger partial charge in [0.1, 0.15) is 0 Å². The Bertz CT molecular complexity index is 769. The Labute approximate surface area is 128 Å². The SMILES string of the molecule is Cc1n[nH]c(C)c1CC(=O)Nc1cccc(-c2cn[nH]c2)c1. The van der Waals surface area contributed by atoms with Crippen LogP contribution in [0, 0.1) is 13.8 Å². The maximum Gasteiger partial charge on any atom is 0.228 e. The fraction of sp³-hybridized carbons (Fsp3) is 0.188. The number of rotatable bonds is 4. The summed E-state index contributed by atoms with van der Waals surface area (Å²) >= 11 is 0. The van der Waals surface area contributed by atoms with Gasteiger partial charge in [0, 0.05) is 28.7 Å². The number of H-pyrrole nitrogens is 2. The molecule has 3 N–H and O–H groups in total. The Hall–Kier alpha value is -2.89. The van der Waals surface area contributed by atoms with E-state index in [0.717, 1.165) is 33.8 Å². The lowest BCUT2D eigenvalue weighted by Gasteiger charge is -2.07. The molecule has 0 fully saturated rings. The summed E-state index contributed by atoms with van der Waals surface area (Å²) in [6.45, 7) is 3.81. The van der Waals surface area contributed by atoms with Gasteiger partial charge >= 0.3 is 0 Å². The second-order valence-electron chi connectivity index (χ2n) is 5.21. The Balaban J connectivity index is 1.73. The van der Waals surface area contributed by atoms with Gasteiger partial charge in [0.2, 0.25) is 5.91 Å². The lowest BCUT2D eigenvalue weighted by molar-refractivity contribution is -0.115. The molecule has 112 valence electrons. The Morgan fingerprint density at radius 1 is 1.27 bits per heavy atom. The van der Waals surface area contributed by atoms with E-state index in [-0.39, 0.29) is 5.91 Å². The summed E-state index contributed by atoms with van der Waals surface area (Å²) < 4.78 is 0. The second-order valence-corrected chi connectivity index (χ2v) is 5.21. The smallest absolute Gasteiger partial charge is 0.228 e. The second kappa shape index (κ2) is 5.85. The van der Waals surface area contributed by atoms with Crippen LogP contribution in [-0.2, 0) is 11.2 Å². The highest BCUT2D eigenvalue weighted by molar-refractivity contribution is 5.93. The Kier molecular flexibility index (Phi) is 3.74. The maximum absolute atomic E-state index is 12.2. The lowest BCUT2D eigenvalue weighted by atomic mass is 10.1. The molecule has 6 heteroatoms. The van der Waals surface area contributed by atoms with Gasteiger partial charge in [-0.05, 0) is 31.5 Å². The summed E-state index contributed by atoms with van der Waals surface area (Å²) in [5, 5.41) is 16.6. The fourth-order valence-corrected chi connectivity index (χ4v) is 2.39. The quantitative estimate of drug-likeness (QED) is 0.691. The fourth-order valence-electron chi connectivity index (χ4n) is 2.39. The molecule has 0 aliphatic carbocycles. The van der Waals surface area contributed by atoms with E-state index in [1.807, 2.05) is 44.3 Å². The number of nitrogens with zero attached hydrogens (tertiary/aromatic N) is 2. The van der Waals surface area contributed by atoms with E-state index >= 15 is 0 Å². The number of aryl methyl sites for hydroxylation is 2. The molecule has 0 spiro atoms. The molecule has 3 rings (SSSR count). The van der Waals surface area contributed by atoms with Crippen molar-refractivity contribution in [3.05, 3.63) is 53.6 Å². The van der Waals surface area contributed by atoms with E-state index in [1.54, 1.807) is 6.20 Å². The van der Waals surface area contributed by atoms with Crippen molar-refractivity contribution in [1.29, 1.82) is 0 Å². The number of hydrogen-bond donors (Lipinski definition) is 3. The van der Waals surface area contributed by atoms with Gasteiger partial charge in [-0.2, -0.15) is 10.2 Å². The Morgan fingerprint density at radius 2 is 2.14 bits per heavy atom. The zero-order valence-corrected chi connectivity index (χ0v) is 12.5. The maximum atomic E-state index is 12.2. The van der Waals surface area contributed by atoms with Crippen LogP contribution in [0.3, 0.4) is 0 Å². The number of anilines is 1. The zero-order valence-electron chi connectivity index (χ0n) is 12.5. The number of aromatic nitrogens is 4. The number of nitrogens with one attached hydrogen (secondary N) is 3. The van der Waals surface area contributed by atoms with Crippen LogP contribution in [0.25, 0.3) is 11.1 Å². The summed E-state index contributed by atoms with van der Waals surface area (Å²) in [6.07, 6.45) is 3.88. The monoisotopic (exact) mass is 295 g/mol. The molecule has 3 aromatic rings. The van der Waals surface area contributed by atoms with Crippen molar-refractivity contribution in [1.82, 2.24) is 20.4 Å². The van der Waals surface area contributed by atoms with Crippen LogP contribution in [0.1, 0.15) is 17.0 Å². The number of carbonyl (C=O) groups excluding carboxylic acids is 1. The van der Waals surface area contributed by atoms with Crippen molar-refractivity contribution in [2.24, 2.45) is 0 Å². The number of carbonyl (C=O) groups is 1. The molecule has 0 atom stereocenters. The van der Waals surface area contributed by atoms with Gasteiger partial charge in [-0.25, -0.2) is 0 Å². The van der Waals surface area contributed by atoms with Crippen LogP contribution in [-0.4, -0.2) is 26.3 Å². The highest BCUT2D eigenvalue weighted by Crippen LogP contribution is 2.21. The summed E-state index contributed by atoms with van der Waals surface area (Å²) in [6, 6.07) is 7.69. The molecule has 0 saturated carbocycles. The predicted octanol–water partition coefficient (Wildman–Crippen LogP) is 2.60. The van der Waals surface area contributed by atoms with Crippen LogP contribution in [0.4, 0.5) is 5.69 Å². The number of amides is 1. The number of hydrogen-bond acceptors (Lipinski definition) is 3. The molecule has 1 amide bonds. The first kappa shape index (κ1) is 14.1. The molecule has 0 bridgehead atoms. The Morgan fingerprint density at radius 3 is 2.82 bits per heavy atom. The molecule has 2 aromatic heterocycles. The van der Waals surface area contributed by atoms with Crippen molar-refractivity contribution in [3.63, 3.8) is 0 Å². The van der Waals surface area contributed by atoms with Crippen molar-refractivity contribution in [2.75, 3.05) is 5.32 Å². The normalized spacial score (nSPS) is 10.6. The van der Waals surface area contributed by atoms with Crippen LogP contribution < -0.4 is 5.32 Å². The lowest BCUT2D eigenvalue weighted by Crippen LogP contribution is -2.15. The third kappa shape index (κ3) is 2.90. The standard InChI is InChI=1S/C16H17N5O/c1-10-15(11(2)21-20-10)7-16(22)19-14-5-3-4-12(6-14)13-8-17-18-9-13/h3-6,8-9H,7H2,1-2H3,(H,17,18)(H,19,22)(H,20,21). The van der Waals surface area contributed by atoms with Crippen LogP contribution in [0.2, 0.25) is 0 Å². The first-order valence-electron chi connectivity index (χ1n) is 7.03. The molecule has 2 heterocycles. The molecule has 0 radical (unpaired) electrons. The van der Waals surface area contributed by atoms with E-state index in [2.05, 4.69) is 25.7 Å². The van der Waals surface area contributed by atoms with Crippen molar-refractivity contribution in [3.8, 4) is 11.1 Å². The first-order chi connectivity index (χ1) is 10.6. The summed E-state index contributed by atoms with van der Waals surface area (Å²) in [4.78, 5) is 12.2. The van der Waals surface area contributed by atoms with Crippen molar-refractivity contribution in [2.45, 2.75) is 20.3 Å². The molecule has 0 saturated heterocycles. The minimum absolute atomic E-state index is 0.0584. The molecule has 1 aromatic carbocycles. The highest BCUT2D eigenvalue weighted by atomic mass is 16.1. The highest BCUT2D eigenvalue weighted by Gasteiger charge is 2.12. The van der Waals surface area contributed by atoms with E-state index in [0.29, 0.717) is 6.42 Å². The van der Waals surface area contributed by atoms with E-state index in [4.69, 9.17) is 0 Å². The third-order valence-corrected chi connectivity index (χ3v) is 3.60. The van der Waals surface area contributed by atoms with Crippen molar-refractivity contribution >= 4 is 11.6 Å². The van der Waals surface area contributed by atoms with Gasteiger partial charge in [0.15, 0.2) is 0 Å². The minimum Gasteiger partial charge on any atom is -0.326 e. The molecule has 0 unspecified atom stereocenters. The van der Waals surface area contributed by atoms with Gasteiger partial charge in [-0.3, -0.25) is 15.0 Å². The van der Waals surface area contributed by atoms with Crippen LogP contribution in [0.15, 0.2) is 36.7 Å². The molecular weight excluding hydrogens is 278 g/mol. The van der Waals surface area contributed by atoms with E-state index in [9.17, 15) is 4.79 Å². The summed E-state index contributed by atoms with van der Waals surface area (Å²) in [7, 11) is 0. The summed E-state index contributed by atoms with van der Waals surface area (Å²) in [5.74, 6) is -0.0584. The first-order valence-corrected chi connectivity index (χ1v) is 7.03. The molecule has 0 aliphatic rings. The molecule has 22 heavy (non-hydrogen) atoms. The van der Waals surface area contributed by atoms with Gasteiger partial charge in [0.05, 0.1) is 18.3 Å². The largest absolute Gasteiger partial charge is 0.326 e. The number of aromatic amines is 2. The van der Waals surface area contributed by atoms with Gasteiger partial charge in [-0.15, -0.1) is 0 Å². The van der Waals surface area contributed by atoms with E-state index < -0.39 is 0 Å². The van der Waals surface area contributed by atoms with Crippen LogP contribution in [0.5, 0.6) is 0 Å². The van der Waals surface area contributed by atoms with Gasteiger partial charge in [-0.1, -0.05) is 12.1 Å². The van der Waals surface area contributed by atoms with Crippen LogP contribution >= 0.6 is 0 Å². The predicted molar refractivity (Wildman–Crippen MR) is 84.4 cm³/mol. The molecular formula is C16H17N5O. The topological polar surface area (TPSA) is 86.5 Å². The minimum atomic E-state index is -0.0584. The van der Waals surface area contributed by atoms with Gasteiger partial charge < -0.3 is 5.32 Å². The average molecular weight is 295 g/mol. The summed E-state index contributed by atoms with van der Waals surface area (Å²) in [5.41, 5.74) is 5.49.